The van der Waals surface area contributed by atoms with Gasteiger partial charge in [0.05, 0.1) is 23.8 Å². The summed E-state index contributed by atoms with van der Waals surface area (Å²) in [5.74, 6) is -2.76. The summed E-state index contributed by atoms with van der Waals surface area (Å²) in [4.78, 5) is 35.2. The maximum atomic E-state index is 12.6. The van der Waals surface area contributed by atoms with E-state index in [1.807, 2.05) is 30.3 Å². The van der Waals surface area contributed by atoms with Gasteiger partial charge in [-0.3, -0.25) is 19.7 Å². The fourth-order valence-electron chi connectivity index (χ4n) is 3.25. The van der Waals surface area contributed by atoms with E-state index < -0.39 is 22.7 Å². The van der Waals surface area contributed by atoms with E-state index in [4.69, 9.17) is 4.74 Å². The highest BCUT2D eigenvalue weighted by Crippen LogP contribution is 2.34. The van der Waals surface area contributed by atoms with E-state index >= 15 is 0 Å². The molecule has 0 unspecified atom stereocenters. The van der Waals surface area contributed by atoms with Crippen LogP contribution >= 0.6 is 0 Å². The van der Waals surface area contributed by atoms with Crippen molar-refractivity contribution >= 4 is 23.7 Å². The minimum atomic E-state index is -0.970. The van der Waals surface area contributed by atoms with Gasteiger partial charge in [0.1, 0.15) is 5.92 Å². The molecule has 0 aromatic heterocycles. The molecule has 2 aromatic carbocycles. The van der Waals surface area contributed by atoms with Crippen molar-refractivity contribution in [3.8, 4) is 11.5 Å². The molecule has 1 aliphatic rings. The minimum Gasteiger partial charge on any atom is -0.504 e. The van der Waals surface area contributed by atoms with Gasteiger partial charge in [-0.25, -0.2) is 5.43 Å². The van der Waals surface area contributed by atoms with E-state index in [-0.39, 0.29) is 35.3 Å². The number of hydrogen-bond acceptors (Lipinski definition) is 7. The van der Waals surface area contributed by atoms with Crippen molar-refractivity contribution in [2.75, 3.05) is 13.2 Å². The normalized spacial score (nSPS) is 18.2. The number of benzene rings is 2. The lowest BCUT2D eigenvalue weighted by Gasteiger charge is -2.15. The topological polar surface area (TPSA) is 143 Å². The zero-order valence-electron chi connectivity index (χ0n) is 16.1. The molecule has 0 aliphatic carbocycles. The smallest absolute Gasteiger partial charge is 0.274 e. The van der Waals surface area contributed by atoms with Crippen molar-refractivity contribution in [3.63, 3.8) is 0 Å². The Kier molecular flexibility index (Phi) is 6.26. The summed E-state index contributed by atoms with van der Waals surface area (Å²) in [6.45, 7) is 2.19. The number of phenols is 1. The average molecular weight is 412 g/mol. The first-order chi connectivity index (χ1) is 14.4. The van der Waals surface area contributed by atoms with Gasteiger partial charge in [-0.1, -0.05) is 30.3 Å². The Morgan fingerprint density at radius 3 is 2.80 bits per heavy atom. The van der Waals surface area contributed by atoms with Gasteiger partial charge in [-0.05, 0) is 12.5 Å². The zero-order chi connectivity index (χ0) is 21.7. The summed E-state index contributed by atoms with van der Waals surface area (Å²) in [5.41, 5.74) is 2.81. The molecule has 2 amide bonds. The second-order valence-corrected chi connectivity index (χ2v) is 6.55. The molecule has 3 rings (SSSR count). The molecule has 1 saturated heterocycles. The van der Waals surface area contributed by atoms with E-state index in [9.17, 15) is 24.8 Å². The van der Waals surface area contributed by atoms with Crippen LogP contribution in [0.2, 0.25) is 0 Å². The molecular weight excluding hydrogens is 392 g/mol. The molecule has 156 valence electrons. The predicted octanol–water partition coefficient (Wildman–Crippen LogP) is 1.68. The molecule has 0 bridgehead atoms. The molecule has 0 saturated carbocycles. The number of nitro groups is 1. The number of ether oxygens (including phenoxy) is 1. The first kappa shape index (κ1) is 20.8. The highest BCUT2D eigenvalue weighted by Gasteiger charge is 2.40. The predicted molar refractivity (Wildman–Crippen MR) is 107 cm³/mol. The Balaban J connectivity index is 1.78. The molecule has 3 N–H and O–H groups in total. The SMILES string of the molecule is CCOc1cc([N+](=O)[O-])cc(/C=N/NC(=O)[C@@H]2C(=O)NC[C@@H]2c2ccccc2)c1O. The number of nitro benzene ring substituents is 1. The van der Waals surface area contributed by atoms with Gasteiger partial charge in [-0.15, -0.1) is 0 Å². The van der Waals surface area contributed by atoms with Crippen LogP contribution in [0.25, 0.3) is 0 Å². The van der Waals surface area contributed by atoms with Gasteiger partial charge < -0.3 is 15.2 Å². The van der Waals surface area contributed by atoms with Crippen LogP contribution in [0.3, 0.4) is 0 Å². The second kappa shape index (κ2) is 9.03. The lowest BCUT2D eigenvalue weighted by molar-refractivity contribution is -0.385. The first-order valence-electron chi connectivity index (χ1n) is 9.22. The summed E-state index contributed by atoms with van der Waals surface area (Å²) >= 11 is 0. The lowest BCUT2D eigenvalue weighted by Crippen LogP contribution is -2.34. The molecule has 1 fully saturated rings. The number of aromatic hydroxyl groups is 1. The summed E-state index contributed by atoms with van der Waals surface area (Å²) in [6.07, 6.45) is 1.06. The fourth-order valence-corrected chi connectivity index (χ4v) is 3.25. The van der Waals surface area contributed by atoms with Gasteiger partial charge in [0.25, 0.3) is 11.6 Å². The van der Waals surface area contributed by atoms with Crippen LogP contribution in [0.4, 0.5) is 5.69 Å². The van der Waals surface area contributed by atoms with Gasteiger partial charge in [0.2, 0.25) is 5.91 Å². The van der Waals surface area contributed by atoms with Crippen LogP contribution in [0.15, 0.2) is 47.6 Å². The third kappa shape index (κ3) is 4.37. The monoisotopic (exact) mass is 412 g/mol. The maximum Gasteiger partial charge on any atom is 0.274 e. The van der Waals surface area contributed by atoms with Crippen LogP contribution in [0.5, 0.6) is 11.5 Å². The number of carbonyl (C=O) groups excluding carboxylic acids is 2. The third-order valence-electron chi connectivity index (χ3n) is 4.67. The third-order valence-corrected chi connectivity index (χ3v) is 4.67. The van der Waals surface area contributed by atoms with E-state index in [1.54, 1.807) is 6.92 Å². The number of non-ortho nitro benzene ring substituents is 1. The first-order valence-corrected chi connectivity index (χ1v) is 9.22. The Morgan fingerprint density at radius 2 is 2.13 bits per heavy atom. The second-order valence-electron chi connectivity index (χ2n) is 6.55. The number of hydrazone groups is 1. The number of phenolic OH excluding ortho intramolecular Hbond substituents is 1. The highest BCUT2D eigenvalue weighted by atomic mass is 16.6. The van der Waals surface area contributed by atoms with Crippen molar-refractivity contribution in [3.05, 3.63) is 63.7 Å². The van der Waals surface area contributed by atoms with Crippen molar-refractivity contribution in [1.82, 2.24) is 10.7 Å². The quantitative estimate of drug-likeness (QED) is 0.273. The molecule has 10 nitrogen and oxygen atoms in total. The molecule has 1 aliphatic heterocycles. The van der Waals surface area contributed by atoms with Crippen LogP contribution < -0.4 is 15.5 Å². The summed E-state index contributed by atoms with van der Waals surface area (Å²) in [6, 6.07) is 11.4. The van der Waals surface area contributed by atoms with Crippen LogP contribution in [-0.2, 0) is 9.59 Å². The average Bonchev–Trinajstić information content (AvgIpc) is 3.12. The minimum absolute atomic E-state index is 0.0107. The highest BCUT2D eigenvalue weighted by molar-refractivity contribution is 6.03. The van der Waals surface area contributed by atoms with Crippen molar-refractivity contribution in [2.45, 2.75) is 12.8 Å². The molecule has 0 spiro atoms. The summed E-state index contributed by atoms with van der Waals surface area (Å²) in [7, 11) is 0. The van der Waals surface area contributed by atoms with Crippen molar-refractivity contribution in [2.24, 2.45) is 11.0 Å². The van der Waals surface area contributed by atoms with Gasteiger partial charge >= 0.3 is 0 Å². The van der Waals surface area contributed by atoms with Crippen LogP contribution in [0, 0.1) is 16.0 Å². The lowest BCUT2D eigenvalue weighted by atomic mass is 9.88. The number of carbonyl (C=O) groups is 2. The Morgan fingerprint density at radius 1 is 1.40 bits per heavy atom. The summed E-state index contributed by atoms with van der Waals surface area (Å²) < 4.78 is 5.20. The molecule has 2 atom stereocenters. The molecule has 10 heteroatoms. The molecule has 30 heavy (non-hydrogen) atoms. The Bertz CT molecular complexity index is 992. The zero-order valence-corrected chi connectivity index (χ0v) is 16.1. The standard InChI is InChI=1S/C20H20N4O6/c1-2-30-16-9-14(24(28)29)8-13(18(16)25)10-22-23-20(27)17-15(11-21-19(17)26)12-6-4-3-5-7-12/h3-10,15,17,25H,2,11H2,1H3,(H,21,26)(H,23,27)/b22-10+/t15-,17+/m1/s1. The van der Waals surface area contributed by atoms with E-state index in [1.165, 1.54) is 0 Å². The van der Waals surface area contributed by atoms with Gasteiger partial charge in [0.15, 0.2) is 11.5 Å². The number of rotatable bonds is 7. The van der Waals surface area contributed by atoms with Crippen LogP contribution in [-0.4, -0.2) is 41.2 Å². The molecule has 1 heterocycles. The number of nitrogens with one attached hydrogen (secondary N) is 2. The van der Waals surface area contributed by atoms with Crippen molar-refractivity contribution in [1.29, 1.82) is 0 Å². The van der Waals surface area contributed by atoms with E-state index in [0.29, 0.717) is 6.54 Å². The van der Waals surface area contributed by atoms with E-state index in [2.05, 4.69) is 15.8 Å². The fraction of sp³-hybridized carbons (Fsp3) is 0.250. The summed E-state index contributed by atoms with van der Waals surface area (Å²) in [5, 5.41) is 27.8. The molecular formula is C20H20N4O6. The largest absolute Gasteiger partial charge is 0.504 e. The number of amides is 2. The van der Waals surface area contributed by atoms with Crippen LogP contribution in [0.1, 0.15) is 24.0 Å². The van der Waals surface area contributed by atoms with Gasteiger partial charge in [-0.2, -0.15) is 5.10 Å². The Labute approximate surface area is 171 Å². The van der Waals surface area contributed by atoms with E-state index in [0.717, 1.165) is 23.9 Å². The molecule has 0 radical (unpaired) electrons. The number of hydrogen-bond donors (Lipinski definition) is 3. The van der Waals surface area contributed by atoms with Crippen molar-refractivity contribution < 1.29 is 24.4 Å². The molecule has 2 aromatic rings. The van der Waals surface area contributed by atoms with Gasteiger partial charge in [0, 0.05) is 24.1 Å². The maximum absolute atomic E-state index is 12.6. The number of nitrogens with zero attached hydrogens (tertiary/aromatic N) is 2. The Hall–Kier alpha value is -3.95.